The lowest BCUT2D eigenvalue weighted by molar-refractivity contribution is -0.118. The summed E-state index contributed by atoms with van der Waals surface area (Å²) in [6.45, 7) is 0.166. The predicted molar refractivity (Wildman–Crippen MR) is 145 cm³/mol. The Balaban J connectivity index is 1.58. The average Bonchev–Trinajstić information content (AvgIpc) is 3.41. The number of unbranched alkanes of at least 4 members (excludes halogenated alkanes) is 2. The summed E-state index contributed by atoms with van der Waals surface area (Å²) in [7, 11) is -16.8. The van der Waals surface area contributed by atoms with Gasteiger partial charge in [-0.3, -0.25) is 13.9 Å². The van der Waals surface area contributed by atoms with Gasteiger partial charge < -0.3 is 45.2 Å². The van der Waals surface area contributed by atoms with E-state index in [1.165, 1.54) is 17.2 Å². The second-order valence-electron chi connectivity index (χ2n) is 8.45. The third-order valence-electron chi connectivity index (χ3n) is 5.38. The topological polar surface area (TPSA) is 294 Å². The number of carbonyl (C=O) groups excluding carboxylic acids is 1. The molecule has 232 valence electrons. The molecule has 8 N–H and O–H groups in total. The molecule has 3 unspecified atom stereocenters. The second-order valence-corrected chi connectivity index (χ2v) is 13.6. The molecular weight excluding hydrogens is 732 g/mol. The van der Waals surface area contributed by atoms with E-state index in [1.54, 1.807) is 0 Å². The van der Waals surface area contributed by atoms with Crippen LogP contribution in [0.1, 0.15) is 25.5 Å². The van der Waals surface area contributed by atoms with Gasteiger partial charge in [0.15, 0.2) is 23.2 Å². The van der Waals surface area contributed by atoms with Gasteiger partial charge in [0, 0.05) is 13.1 Å². The van der Waals surface area contributed by atoms with Gasteiger partial charge in [-0.2, -0.15) is 8.62 Å². The summed E-state index contributed by atoms with van der Waals surface area (Å²) in [5.74, 6) is 0.376. The number of ether oxygens (including phenoxy) is 1. The predicted octanol–water partition coefficient (Wildman–Crippen LogP) is -0.0778. The fourth-order valence-electron chi connectivity index (χ4n) is 3.64. The minimum absolute atomic E-state index is 0.0165. The Hall–Kier alpha value is -1.16. The zero-order valence-electron chi connectivity index (χ0n) is 20.9. The van der Waals surface area contributed by atoms with Gasteiger partial charge in [-0.05, 0) is 19.3 Å². The number of aliphatic hydroxyl groups is 2. The highest BCUT2D eigenvalue weighted by Gasteiger charge is 2.47. The normalized spacial score (nSPS) is 24.2. The van der Waals surface area contributed by atoms with Crippen LogP contribution in [0.15, 0.2) is 12.7 Å². The van der Waals surface area contributed by atoms with Crippen LogP contribution in [0.4, 0.5) is 5.82 Å². The van der Waals surface area contributed by atoms with Crippen molar-refractivity contribution in [2.45, 2.75) is 43.8 Å². The van der Waals surface area contributed by atoms with E-state index in [1.807, 2.05) is 22.6 Å². The number of amides is 1. The SMILES string of the molecule is O=C(CI)NCCCCCNc1ncnc2c1ncn2C1O[C@H](COP(=O)(O)OP(=O)(O)OP(=O)(O)O)[C@@H](O)[C@H]1O. The van der Waals surface area contributed by atoms with Crippen molar-refractivity contribution in [3.8, 4) is 0 Å². The van der Waals surface area contributed by atoms with E-state index in [4.69, 9.17) is 14.5 Å². The lowest BCUT2D eigenvalue weighted by Crippen LogP contribution is -2.33. The molecule has 3 heterocycles. The largest absolute Gasteiger partial charge is 0.490 e. The van der Waals surface area contributed by atoms with E-state index in [0.29, 0.717) is 28.9 Å². The number of phosphoric acid groups is 3. The first-order chi connectivity index (χ1) is 19.1. The molecule has 0 spiro atoms. The number of nitrogens with zero attached hydrogens (tertiary/aromatic N) is 4. The first kappa shape index (κ1) is 34.3. The molecule has 0 radical (unpaired) electrons. The van der Waals surface area contributed by atoms with Crippen molar-refractivity contribution in [1.82, 2.24) is 24.8 Å². The minimum atomic E-state index is -5.73. The van der Waals surface area contributed by atoms with Crippen LogP contribution in [0.2, 0.25) is 0 Å². The van der Waals surface area contributed by atoms with Crippen LogP contribution in [0.25, 0.3) is 11.2 Å². The average molecular weight is 760 g/mol. The molecule has 0 aromatic carbocycles. The summed E-state index contributed by atoms with van der Waals surface area (Å²) in [6, 6.07) is 0. The quantitative estimate of drug-likeness (QED) is 0.0480. The minimum Gasteiger partial charge on any atom is -0.387 e. The van der Waals surface area contributed by atoms with Gasteiger partial charge >= 0.3 is 23.5 Å². The number of anilines is 1. The zero-order chi connectivity index (χ0) is 30.4. The van der Waals surface area contributed by atoms with Crippen LogP contribution < -0.4 is 10.6 Å². The standard InChI is InChI=1S/C17H28IN6O14P3/c18-6-11(25)19-4-2-1-3-5-20-15-12-16(22-8-21-15)24(9-23-12)17-14(27)13(26)10(36-17)7-35-40(31,32)38-41(33,34)37-39(28,29)30/h8-10,13-14,17,26-27H,1-7H2,(H,19,25)(H,31,32)(H,33,34)(H,20,21,22)(H2,28,29,30)/t10-,13-,14-,17?/m1/s1. The summed E-state index contributed by atoms with van der Waals surface area (Å²) >= 11 is 1.99. The smallest absolute Gasteiger partial charge is 0.387 e. The van der Waals surface area contributed by atoms with Crippen molar-refractivity contribution in [3.05, 3.63) is 12.7 Å². The highest BCUT2D eigenvalue weighted by Crippen LogP contribution is 2.66. The fourth-order valence-corrected chi connectivity index (χ4v) is 6.94. The van der Waals surface area contributed by atoms with Crippen molar-refractivity contribution in [1.29, 1.82) is 0 Å². The van der Waals surface area contributed by atoms with Crippen LogP contribution in [-0.4, -0.2) is 97.6 Å². The highest BCUT2D eigenvalue weighted by atomic mass is 127. The number of alkyl halides is 1. The van der Waals surface area contributed by atoms with E-state index in [0.717, 1.165) is 19.3 Å². The summed E-state index contributed by atoms with van der Waals surface area (Å²) in [4.78, 5) is 59.8. The lowest BCUT2D eigenvalue weighted by atomic mass is 10.1. The molecule has 1 saturated heterocycles. The van der Waals surface area contributed by atoms with E-state index < -0.39 is 54.6 Å². The van der Waals surface area contributed by atoms with Crippen LogP contribution in [0, 0.1) is 0 Å². The first-order valence-corrected chi connectivity index (χ1v) is 17.7. The van der Waals surface area contributed by atoms with Gasteiger partial charge in [-0.1, -0.05) is 22.6 Å². The molecule has 41 heavy (non-hydrogen) atoms. The number of aromatic nitrogens is 4. The Labute approximate surface area is 245 Å². The molecule has 1 fully saturated rings. The van der Waals surface area contributed by atoms with Gasteiger partial charge in [-0.25, -0.2) is 28.6 Å². The summed E-state index contributed by atoms with van der Waals surface area (Å²) in [5, 5.41) is 26.9. The highest BCUT2D eigenvalue weighted by molar-refractivity contribution is 14.1. The molecule has 1 amide bonds. The number of carbonyl (C=O) groups is 1. The lowest BCUT2D eigenvalue weighted by Gasteiger charge is -2.19. The Kier molecular flexibility index (Phi) is 12.2. The number of rotatable bonds is 16. The van der Waals surface area contributed by atoms with Crippen LogP contribution in [-0.2, 0) is 36.4 Å². The number of phosphoric ester groups is 1. The van der Waals surface area contributed by atoms with Crippen molar-refractivity contribution in [2.75, 3.05) is 29.4 Å². The van der Waals surface area contributed by atoms with E-state index in [2.05, 4.69) is 38.7 Å². The number of nitrogens with one attached hydrogen (secondary N) is 2. The molecule has 0 saturated carbocycles. The van der Waals surface area contributed by atoms with E-state index >= 15 is 0 Å². The van der Waals surface area contributed by atoms with Crippen LogP contribution in [0.3, 0.4) is 0 Å². The molecule has 3 rings (SSSR count). The summed E-state index contributed by atoms with van der Waals surface area (Å²) in [6.07, 6.45) is -1.13. The van der Waals surface area contributed by atoms with Crippen molar-refractivity contribution < 1.29 is 66.2 Å². The summed E-state index contributed by atoms with van der Waals surface area (Å²) in [5.41, 5.74) is 0.539. The van der Waals surface area contributed by atoms with E-state index in [9.17, 15) is 38.5 Å². The third kappa shape index (κ3) is 10.2. The number of hydrogen-bond donors (Lipinski definition) is 8. The maximum atomic E-state index is 12.0. The van der Waals surface area contributed by atoms with Gasteiger partial charge in [0.25, 0.3) is 0 Å². The molecule has 0 bridgehead atoms. The van der Waals surface area contributed by atoms with Crippen molar-refractivity contribution in [2.24, 2.45) is 0 Å². The Morgan fingerprint density at radius 1 is 1.00 bits per heavy atom. The molecular formula is C17H28IN6O14P3. The monoisotopic (exact) mass is 760 g/mol. The maximum Gasteiger partial charge on any atom is 0.490 e. The van der Waals surface area contributed by atoms with Gasteiger partial charge in [0.05, 0.1) is 17.4 Å². The maximum absolute atomic E-state index is 12.0. The van der Waals surface area contributed by atoms with Crippen LogP contribution in [0.5, 0.6) is 0 Å². The molecule has 1 aliphatic heterocycles. The van der Waals surface area contributed by atoms with E-state index in [-0.39, 0.29) is 11.6 Å². The Bertz CT molecular complexity index is 1340. The zero-order valence-corrected chi connectivity index (χ0v) is 25.7. The molecule has 2 aromatic rings. The van der Waals surface area contributed by atoms with Gasteiger partial charge in [-0.15, -0.1) is 0 Å². The first-order valence-electron chi connectivity index (χ1n) is 11.7. The third-order valence-corrected chi connectivity index (χ3v) is 9.87. The van der Waals surface area contributed by atoms with Crippen molar-refractivity contribution >= 4 is 68.9 Å². The number of hydrogen-bond acceptors (Lipinski definition) is 14. The number of halogens is 1. The molecule has 0 aliphatic carbocycles. The number of fused-ring (bicyclic) bond motifs is 1. The summed E-state index contributed by atoms with van der Waals surface area (Å²) < 4.78 is 53.2. The number of imidazole rings is 1. The molecule has 2 aromatic heterocycles. The van der Waals surface area contributed by atoms with Crippen LogP contribution >= 0.6 is 46.1 Å². The second kappa shape index (κ2) is 14.5. The van der Waals surface area contributed by atoms with Gasteiger partial charge in [0.1, 0.15) is 24.6 Å². The molecule has 20 nitrogen and oxygen atoms in total. The molecule has 1 aliphatic rings. The van der Waals surface area contributed by atoms with Gasteiger partial charge in [0.2, 0.25) is 5.91 Å². The van der Waals surface area contributed by atoms with Crippen molar-refractivity contribution in [3.63, 3.8) is 0 Å². The molecule has 24 heteroatoms. The Morgan fingerprint density at radius 3 is 2.39 bits per heavy atom. The number of aliphatic hydroxyl groups excluding tert-OH is 2. The Morgan fingerprint density at radius 2 is 1.71 bits per heavy atom. The molecule has 6 atom stereocenters. The fraction of sp³-hybridized carbons (Fsp3) is 0.647.